The minimum atomic E-state index is -0.211. The zero-order chi connectivity index (χ0) is 13.7. The van der Waals surface area contributed by atoms with E-state index in [0.717, 1.165) is 16.7 Å². The minimum absolute atomic E-state index is 0.211. The van der Waals surface area contributed by atoms with Crippen LogP contribution >= 0.6 is 0 Å². The Morgan fingerprint density at radius 2 is 1.65 bits per heavy atom. The second kappa shape index (κ2) is 6.63. The van der Waals surface area contributed by atoms with Crippen molar-refractivity contribution in [3.8, 4) is 0 Å². The van der Waals surface area contributed by atoms with Crippen LogP contribution in [0.3, 0.4) is 0 Å². The predicted octanol–water partition coefficient (Wildman–Crippen LogP) is 4.72. The third-order valence-corrected chi connectivity index (χ3v) is 2.72. The maximum Gasteiger partial charge on any atom is 0.123 e. The van der Waals surface area contributed by atoms with E-state index < -0.39 is 0 Å². The lowest BCUT2D eigenvalue weighted by molar-refractivity contribution is 0.507. The highest BCUT2D eigenvalue weighted by atomic mass is 19.1. The molecule has 0 spiro atoms. The van der Waals surface area contributed by atoms with E-state index in [0.29, 0.717) is 12.3 Å². The average molecular weight is 239 g/mol. The molecule has 98 valence electrons. The topological polar surface area (TPSA) is 26.0 Å². The number of nitrogens with two attached hydrogens (primary N) is 1. The average Bonchev–Trinajstić information content (AvgIpc) is 2.13. The maximum atomic E-state index is 13.9. The van der Waals surface area contributed by atoms with E-state index >= 15 is 0 Å². The summed E-state index contributed by atoms with van der Waals surface area (Å²) >= 11 is 0. The van der Waals surface area contributed by atoms with Crippen LogP contribution in [0, 0.1) is 11.8 Å². The van der Waals surface area contributed by atoms with Gasteiger partial charge in [0, 0.05) is 6.42 Å². The van der Waals surface area contributed by atoms with Crippen LogP contribution in [0.1, 0.15) is 48.0 Å². The predicted molar refractivity (Wildman–Crippen MR) is 74.1 cm³/mol. The van der Waals surface area contributed by atoms with Gasteiger partial charge in [0.2, 0.25) is 0 Å². The summed E-state index contributed by atoms with van der Waals surface area (Å²) in [7, 11) is 0. The molecule has 0 heterocycles. The van der Waals surface area contributed by atoms with E-state index in [-0.39, 0.29) is 17.4 Å². The van der Waals surface area contributed by atoms with Gasteiger partial charge in [-0.15, -0.1) is 0 Å². The third kappa shape index (κ3) is 4.76. The molecule has 0 radical (unpaired) electrons. The SMILES string of the molecule is C=C(C)/C(=C(C)\C(N)=C(\F)CC(C)C)C(C)C. The number of hydrogen-bond donors (Lipinski definition) is 1. The first-order valence-electron chi connectivity index (χ1n) is 6.19. The van der Waals surface area contributed by atoms with E-state index in [1.807, 2.05) is 27.7 Å². The molecule has 17 heavy (non-hydrogen) atoms. The van der Waals surface area contributed by atoms with Gasteiger partial charge < -0.3 is 5.73 Å². The summed E-state index contributed by atoms with van der Waals surface area (Å²) in [6.07, 6.45) is 0.394. The first-order chi connectivity index (χ1) is 7.68. The summed E-state index contributed by atoms with van der Waals surface area (Å²) in [4.78, 5) is 0. The van der Waals surface area contributed by atoms with E-state index in [1.165, 1.54) is 0 Å². The van der Waals surface area contributed by atoms with E-state index in [1.54, 1.807) is 0 Å². The molecule has 0 fully saturated rings. The van der Waals surface area contributed by atoms with Gasteiger partial charge in [0.1, 0.15) is 5.83 Å². The standard InChI is InChI=1S/C15H26FN/c1-9(2)8-13(16)15(17)12(7)14(10(3)4)11(5)6/h9,11H,3,8,17H2,1-2,4-7H3/b14-12+,15-13-. The molecule has 0 aromatic carbocycles. The van der Waals surface area contributed by atoms with Crippen LogP contribution in [-0.2, 0) is 0 Å². The Kier molecular flexibility index (Phi) is 6.22. The van der Waals surface area contributed by atoms with E-state index in [4.69, 9.17) is 5.73 Å². The lowest BCUT2D eigenvalue weighted by Gasteiger charge is -2.17. The fourth-order valence-corrected chi connectivity index (χ4v) is 2.06. The second-order valence-corrected chi connectivity index (χ2v) is 5.39. The van der Waals surface area contributed by atoms with Crippen molar-refractivity contribution in [2.75, 3.05) is 0 Å². The van der Waals surface area contributed by atoms with Gasteiger partial charge in [-0.1, -0.05) is 39.8 Å². The van der Waals surface area contributed by atoms with Crippen LogP contribution in [0.2, 0.25) is 0 Å². The van der Waals surface area contributed by atoms with Gasteiger partial charge in [-0.25, -0.2) is 4.39 Å². The molecule has 0 saturated heterocycles. The Bertz CT molecular complexity index is 346. The summed E-state index contributed by atoms with van der Waals surface area (Å²) in [6, 6.07) is 0. The summed E-state index contributed by atoms with van der Waals surface area (Å²) in [6.45, 7) is 15.9. The molecule has 0 aromatic rings. The Morgan fingerprint density at radius 1 is 1.18 bits per heavy atom. The van der Waals surface area contributed by atoms with Crippen molar-refractivity contribution in [2.24, 2.45) is 17.6 Å². The largest absolute Gasteiger partial charge is 0.396 e. The van der Waals surface area contributed by atoms with Crippen LogP contribution < -0.4 is 5.73 Å². The lowest BCUT2D eigenvalue weighted by atomic mass is 9.90. The molecule has 0 aliphatic rings. The van der Waals surface area contributed by atoms with Crippen molar-refractivity contribution in [3.63, 3.8) is 0 Å². The quantitative estimate of drug-likeness (QED) is 0.690. The molecule has 2 heteroatoms. The van der Waals surface area contributed by atoms with Crippen molar-refractivity contribution in [1.82, 2.24) is 0 Å². The first-order valence-corrected chi connectivity index (χ1v) is 6.19. The van der Waals surface area contributed by atoms with Gasteiger partial charge in [-0.05, 0) is 36.8 Å². The molecule has 0 aliphatic heterocycles. The molecular weight excluding hydrogens is 213 g/mol. The van der Waals surface area contributed by atoms with Crippen LogP contribution in [0.25, 0.3) is 0 Å². The number of rotatable bonds is 5. The molecule has 0 saturated carbocycles. The third-order valence-electron chi connectivity index (χ3n) is 2.72. The van der Waals surface area contributed by atoms with Gasteiger partial charge in [0.15, 0.2) is 0 Å². The van der Waals surface area contributed by atoms with Crippen LogP contribution in [-0.4, -0.2) is 0 Å². The molecule has 0 atom stereocenters. The Balaban J connectivity index is 5.44. The molecular formula is C15H26FN. The fraction of sp³-hybridized carbons (Fsp3) is 0.600. The minimum Gasteiger partial charge on any atom is -0.396 e. The number of allylic oxidation sites excluding steroid dienone is 4. The van der Waals surface area contributed by atoms with Crippen LogP contribution in [0.15, 0.2) is 34.8 Å². The highest BCUT2D eigenvalue weighted by Gasteiger charge is 2.14. The molecule has 1 nitrogen and oxygen atoms in total. The van der Waals surface area contributed by atoms with E-state index in [9.17, 15) is 4.39 Å². The van der Waals surface area contributed by atoms with E-state index in [2.05, 4.69) is 20.4 Å². The molecule has 0 rings (SSSR count). The fourth-order valence-electron chi connectivity index (χ4n) is 2.06. The Hall–Kier alpha value is -1.05. The van der Waals surface area contributed by atoms with Crippen LogP contribution in [0.4, 0.5) is 4.39 Å². The molecule has 0 unspecified atom stereocenters. The van der Waals surface area contributed by atoms with Gasteiger partial charge in [-0.3, -0.25) is 0 Å². The summed E-state index contributed by atoms with van der Waals surface area (Å²) in [5, 5.41) is 0. The van der Waals surface area contributed by atoms with Gasteiger partial charge in [-0.2, -0.15) is 0 Å². The second-order valence-electron chi connectivity index (χ2n) is 5.39. The lowest BCUT2D eigenvalue weighted by Crippen LogP contribution is -2.09. The molecule has 0 bridgehead atoms. The summed E-state index contributed by atoms with van der Waals surface area (Å²) in [5.41, 5.74) is 9.01. The van der Waals surface area contributed by atoms with Crippen molar-refractivity contribution in [1.29, 1.82) is 0 Å². The number of halogens is 1. The Labute approximate surface area is 105 Å². The normalized spacial score (nSPS) is 14.9. The monoisotopic (exact) mass is 239 g/mol. The van der Waals surface area contributed by atoms with Gasteiger partial charge >= 0.3 is 0 Å². The van der Waals surface area contributed by atoms with Crippen molar-refractivity contribution < 1.29 is 4.39 Å². The molecule has 0 aliphatic carbocycles. The number of hydrogen-bond acceptors (Lipinski definition) is 1. The van der Waals surface area contributed by atoms with Crippen molar-refractivity contribution in [2.45, 2.75) is 48.0 Å². The van der Waals surface area contributed by atoms with Crippen molar-refractivity contribution >= 4 is 0 Å². The molecule has 0 amide bonds. The first kappa shape index (κ1) is 16.0. The van der Waals surface area contributed by atoms with Crippen LogP contribution in [0.5, 0.6) is 0 Å². The highest BCUT2D eigenvalue weighted by Crippen LogP contribution is 2.27. The summed E-state index contributed by atoms with van der Waals surface area (Å²) < 4.78 is 13.9. The van der Waals surface area contributed by atoms with Crippen molar-refractivity contribution in [3.05, 3.63) is 34.8 Å². The molecule has 0 aromatic heterocycles. The molecule has 2 N–H and O–H groups in total. The van der Waals surface area contributed by atoms with Gasteiger partial charge in [0.05, 0.1) is 5.70 Å². The highest BCUT2D eigenvalue weighted by molar-refractivity contribution is 5.42. The zero-order valence-electron chi connectivity index (χ0n) is 12.0. The zero-order valence-corrected chi connectivity index (χ0v) is 12.0. The van der Waals surface area contributed by atoms with Gasteiger partial charge in [0.25, 0.3) is 0 Å². The smallest absolute Gasteiger partial charge is 0.123 e. The Morgan fingerprint density at radius 3 is 1.94 bits per heavy atom. The summed E-state index contributed by atoms with van der Waals surface area (Å²) in [5.74, 6) is 0.364. The maximum absolute atomic E-state index is 13.9.